The fourth-order valence-corrected chi connectivity index (χ4v) is 2.68. The minimum Gasteiger partial charge on any atom is -0.459 e. The molecule has 0 aliphatic rings. The van der Waals surface area contributed by atoms with Gasteiger partial charge < -0.3 is 10.2 Å². The molecule has 6 heteroatoms. The summed E-state index contributed by atoms with van der Waals surface area (Å²) in [6, 6.07) is 7.63. The number of benzene rings is 1. The van der Waals surface area contributed by atoms with Gasteiger partial charge in [0, 0.05) is 21.9 Å². The molecule has 5 N–H and O–H groups in total. The SMILES string of the molecule is Cc1cccc(SCc2ccoc2C(=O)NN)c1N. The first kappa shape index (κ1) is 13.5. The zero-order valence-electron chi connectivity index (χ0n) is 10.5. The van der Waals surface area contributed by atoms with Crippen LogP contribution in [0.4, 0.5) is 5.69 Å². The van der Waals surface area contributed by atoms with Gasteiger partial charge in [0.05, 0.1) is 6.26 Å². The van der Waals surface area contributed by atoms with Gasteiger partial charge in [0.25, 0.3) is 0 Å². The summed E-state index contributed by atoms with van der Waals surface area (Å²) >= 11 is 1.56. The van der Waals surface area contributed by atoms with Crippen LogP contribution in [0.3, 0.4) is 0 Å². The maximum Gasteiger partial charge on any atom is 0.301 e. The lowest BCUT2D eigenvalue weighted by molar-refractivity contribution is 0.0925. The van der Waals surface area contributed by atoms with Gasteiger partial charge in [0.15, 0.2) is 5.76 Å². The normalized spacial score (nSPS) is 10.4. The molecule has 0 spiro atoms. The lowest BCUT2D eigenvalue weighted by Crippen LogP contribution is -2.30. The van der Waals surface area contributed by atoms with Crippen LogP contribution in [0, 0.1) is 6.92 Å². The van der Waals surface area contributed by atoms with Gasteiger partial charge >= 0.3 is 5.91 Å². The van der Waals surface area contributed by atoms with Crippen molar-refractivity contribution in [3.8, 4) is 0 Å². The van der Waals surface area contributed by atoms with Crippen LogP contribution in [0.15, 0.2) is 39.8 Å². The highest BCUT2D eigenvalue weighted by Crippen LogP contribution is 2.31. The summed E-state index contributed by atoms with van der Waals surface area (Å²) in [5.41, 5.74) is 10.7. The van der Waals surface area contributed by atoms with Gasteiger partial charge in [0.1, 0.15) is 0 Å². The third kappa shape index (κ3) is 2.91. The average molecular weight is 277 g/mol. The van der Waals surface area contributed by atoms with Crippen molar-refractivity contribution >= 4 is 23.4 Å². The fraction of sp³-hybridized carbons (Fsp3) is 0.154. The third-order valence-electron chi connectivity index (χ3n) is 2.75. The van der Waals surface area contributed by atoms with E-state index in [-0.39, 0.29) is 5.76 Å². The van der Waals surface area contributed by atoms with Crippen LogP contribution in [0.5, 0.6) is 0 Å². The molecule has 5 nitrogen and oxygen atoms in total. The summed E-state index contributed by atoms with van der Waals surface area (Å²) < 4.78 is 5.12. The van der Waals surface area contributed by atoms with Crippen LogP contribution < -0.4 is 17.0 Å². The molecule has 0 bridgehead atoms. The fourth-order valence-electron chi connectivity index (χ4n) is 1.65. The van der Waals surface area contributed by atoms with E-state index in [9.17, 15) is 4.79 Å². The van der Waals surface area contributed by atoms with E-state index in [0.717, 1.165) is 21.7 Å². The maximum absolute atomic E-state index is 11.5. The number of carbonyl (C=O) groups excluding carboxylic acids is 1. The first-order chi connectivity index (χ1) is 9.13. The van der Waals surface area contributed by atoms with E-state index in [4.69, 9.17) is 16.0 Å². The summed E-state index contributed by atoms with van der Waals surface area (Å²) in [5.74, 6) is 5.49. The van der Waals surface area contributed by atoms with Gasteiger partial charge in [-0.05, 0) is 24.6 Å². The molecule has 0 unspecified atom stereocenters. The van der Waals surface area contributed by atoms with Crippen LogP contribution in [0.2, 0.25) is 0 Å². The predicted molar refractivity (Wildman–Crippen MR) is 75.5 cm³/mol. The van der Waals surface area contributed by atoms with Crippen molar-refractivity contribution in [1.82, 2.24) is 5.43 Å². The first-order valence-corrected chi connectivity index (χ1v) is 6.67. The summed E-state index contributed by atoms with van der Waals surface area (Å²) in [5, 5.41) is 0. The second kappa shape index (κ2) is 5.81. The Morgan fingerprint density at radius 1 is 1.42 bits per heavy atom. The molecule has 0 saturated heterocycles. The molecule has 19 heavy (non-hydrogen) atoms. The Bertz CT molecular complexity index is 595. The number of hydrogen-bond donors (Lipinski definition) is 3. The molecule has 2 rings (SSSR count). The number of furan rings is 1. The number of nitrogen functional groups attached to an aromatic ring is 2. The number of rotatable bonds is 4. The number of nitrogens with two attached hydrogens (primary N) is 2. The second-order valence-corrected chi connectivity index (χ2v) is 5.04. The van der Waals surface area contributed by atoms with Crippen molar-refractivity contribution in [2.75, 3.05) is 5.73 Å². The first-order valence-electron chi connectivity index (χ1n) is 5.68. The Kier molecular flexibility index (Phi) is 4.13. The lowest BCUT2D eigenvalue weighted by Gasteiger charge is -2.07. The summed E-state index contributed by atoms with van der Waals surface area (Å²) in [4.78, 5) is 12.5. The zero-order chi connectivity index (χ0) is 13.8. The highest BCUT2D eigenvalue weighted by molar-refractivity contribution is 7.98. The Morgan fingerprint density at radius 2 is 2.21 bits per heavy atom. The number of para-hydroxylation sites is 1. The van der Waals surface area contributed by atoms with Gasteiger partial charge in [0.2, 0.25) is 0 Å². The van der Waals surface area contributed by atoms with E-state index in [1.54, 1.807) is 17.8 Å². The topological polar surface area (TPSA) is 94.3 Å². The Labute approximate surface area is 115 Å². The lowest BCUT2D eigenvalue weighted by atomic mass is 10.2. The van der Waals surface area contributed by atoms with Crippen molar-refractivity contribution in [3.63, 3.8) is 0 Å². The number of nitrogens with one attached hydrogen (secondary N) is 1. The molecule has 1 aromatic heterocycles. The molecule has 0 atom stereocenters. The quantitative estimate of drug-likeness (QED) is 0.261. The molecule has 0 fully saturated rings. The Balaban J connectivity index is 2.13. The van der Waals surface area contributed by atoms with E-state index < -0.39 is 5.91 Å². The van der Waals surface area contributed by atoms with Crippen LogP contribution >= 0.6 is 11.8 Å². The largest absolute Gasteiger partial charge is 0.459 e. The van der Waals surface area contributed by atoms with Gasteiger partial charge in [-0.2, -0.15) is 0 Å². The van der Waals surface area contributed by atoms with Crippen molar-refractivity contribution in [2.45, 2.75) is 17.6 Å². The predicted octanol–water partition coefficient (Wildman–Crippen LogP) is 2.07. The molecule has 0 saturated carbocycles. The standard InChI is InChI=1S/C13H15N3O2S/c1-8-3-2-4-10(11(8)14)19-7-9-5-6-18-12(9)13(17)16-15/h2-6H,7,14-15H2,1H3,(H,16,17). The summed E-state index contributed by atoms with van der Waals surface area (Å²) in [7, 11) is 0. The van der Waals surface area contributed by atoms with Gasteiger partial charge in [-0.25, -0.2) is 5.84 Å². The van der Waals surface area contributed by atoms with Crippen molar-refractivity contribution in [2.24, 2.45) is 5.84 Å². The number of carbonyl (C=O) groups is 1. The molecule has 0 aliphatic heterocycles. The molecule has 1 heterocycles. The second-order valence-electron chi connectivity index (χ2n) is 4.02. The van der Waals surface area contributed by atoms with E-state index in [1.165, 1.54) is 6.26 Å². The number of amides is 1. The van der Waals surface area contributed by atoms with Crippen molar-refractivity contribution in [3.05, 3.63) is 47.4 Å². The summed E-state index contributed by atoms with van der Waals surface area (Å²) in [6.07, 6.45) is 1.47. The number of thioether (sulfide) groups is 1. The number of hydrogen-bond acceptors (Lipinski definition) is 5. The number of anilines is 1. The third-order valence-corrected chi connectivity index (χ3v) is 3.87. The number of aryl methyl sites for hydroxylation is 1. The van der Waals surface area contributed by atoms with Crippen LogP contribution in [-0.2, 0) is 5.75 Å². The highest BCUT2D eigenvalue weighted by atomic mass is 32.2. The molecule has 0 radical (unpaired) electrons. The van der Waals surface area contributed by atoms with E-state index in [2.05, 4.69) is 5.43 Å². The zero-order valence-corrected chi connectivity index (χ0v) is 11.3. The molecule has 1 amide bonds. The minimum atomic E-state index is -0.433. The number of hydrazine groups is 1. The maximum atomic E-state index is 11.5. The van der Waals surface area contributed by atoms with E-state index in [1.807, 2.05) is 25.1 Å². The van der Waals surface area contributed by atoms with Crippen LogP contribution in [-0.4, -0.2) is 5.91 Å². The van der Waals surface area contributed by atoms with E-state index >= 15 is 0 Å². The van der Waals surface area contributed by atoms with Gasteiger partial charge in [-0.1, -0.05) is 12.1 Å². The monoisotopic (exact) mass is 277 g/mol. The smallest absolute Gasteiger partial charge is 0.301 e. The molecular formula is C13H15N3O2S. The summed E-state index contributed by atoms with van der Waals surface area (Å²) in [6.45, 7) is 1.96. The van der Waals surface area contributed by atoms with Gasteiger partial charge in [-0.3, -0.25) is 10.2 Å². The Hall–Kier alpha value is -1.92. The molecule has 100 valence electrons. The molecule has 2 aromatic rings. The van der Waals surface area contributed by atoms with Crippen molar-refractivity contribution in [1.29, 1.82) is 0 Å². The molecule has 1 aromatic carbocycles. The van der Waals surface area contributed by atoms with Crippen molar-refractivity contribution < 1.29 is 9.21 Å². The molecule has 0 aliphatic carbocycles. The average Bonchev–Trinajstić information content (AvgIpc) is 2.88. The van der Waals surface area contributed by atoms with E-state index in [0.29, 0.717) is 5.75 Å². The van der Waals surface area contributed by atoms with Crippen LogP contribution in [0.25, 0.3) is 0 Å². The Morgan fingerprint density at radius 3 is 2.95 bits per heavy atom. The van der Waals surface area contributed by atoms with Crippen LogP contribution in [0.1, 0.15) is 21.7 Å². The minimum absolute atomic E-state index is 0.237. The highest BCUT2D eigenvalue weighted by Gasteiger charge is 2.14. The molecular weight excluding hydrogens is 262 g/mol. The van der Waals surface area contributed by atoms with Gasteiger partial charge in [-0.15, -0.1) is 11.8 Å².